The number of nitrogens with zero attached hydrogens (tertiary/aromatic N) is 2. The van der Waals surface area contributed by atoms with Crippen molar-refractivity contribution in [3.63, 3.8) is 0 Å². The SMILES string of the molecule is COCCOCCOCCOCCOCCO[C@H]1CCN(C[C@H](c2ccccc2)N(C)C(=O)Cc2ccc(Cl)c(Cl)c2)C1. The number of carbonyl (C=O) groups excluding carboxylic acids is 1. The Hall–Kier alpha value is -1.79. The van der Waals surface area contributed by atoms with E-state index in [4.69, 9.17) is 51.6 Å². The second-order valence-corrected chi connectivity index (χ2v) is 11.2. The molecule has 1 saturated heterocycles. The van der Waals surface area contributed by atoms with E-state index in [-0.39, 0.29) is 24.5 Å². The van der Waals surface area contributed by atoms with Crippen molar-refractivity contribution in [2.45, 2.75) is 25.0 Å². The number of likely N-dealkylation sites (N-methyl/N-ethyl adjacent to an activating group) is 1. The molecule has 1 fully saturated rings. The van der Waals surface area contributed by atoms with Gasteiger partial charge in [0.05, 0.1) is 94.7 Å². The van der Waals surface area contributed by atoms with Gasteiger partial charge in [-0.25, -0.2) is 0 Å². The first-order valence-electron chi connectivity index (χ1n) is 14.9. The summed E-state index contributed by atoms with van der Waals surface area (Å²) < 4.78 is 33.0. The molecule has 240 valence electrons. The third-order valence-corrected chi connectivity index (χ3v) is 7.91. The van der Waals surface area contributed by atoms with Crippen LogP contribution < -0.4 is 0 Å². The Morgan fingerprint density at radius 2 is 1.47 bits per heavy atom. The van der Waals surface area contributed by atoms with E-state index < -0.39 is 0 Å². The number of methoxy groups -OCH3 is 1. The molecule has 11 heteroatoms. The van der Waals surface area contributed by atoms with Crippen LogP contribution >= 0.6 is 23.2 Å². The third-order valence-electron chi connectivity index (χ3n) is 7.17. The summed E-state index contributed by atoms with van der Waals surface area (Å²) >= 11 is 12.2. The van der Waals surface area contributed by atoms with Crippen molar-refractivity contribution in [2.24, 2.45) is 0 Å². The van der Waals surface area contributed by atoms with E-state index in [0.717, 1.165) is 37.2 Å². The van der Waals surface area contributed by atoms with Crippen molar-refractivity contribution in [1.29, 1.82) is 0 Å². The number of hydrogen-bond donors (Lipinski definition) is 0. The lowest BCUT2D eigenvalue weighted by Crippen LogP contribution is -2.39. The zero-order valence-corrected chi connectivity index (χ0v) is 26.9. The fourth-order valence-corrected chi connectivity index (χ4v) is 5.09. The van der Waals surface area contributed by atoms with Gasteiger partial charge >= 0.3 is 0 Å². The van der Waals surface area contributed by atoms with Crippen molar-refractivity contribution < 1.29 is 33.2 Å². The first-order valence-corrected chi connectivity index (χ1v) is 15.6. The van der Waals surface area contributed by atoms with E-state index in [1.807, 2.05) is 36.2 Å². The topological polar surface area (TPSA) is 78.9 Å². The molecule has 1 aliphatic rings. The molecule has 0 aromatic heterocycles. The summed E-state index contributed by atoms with van der Waals surface area (Å²) in [6.07, 6.45) is 1.35. The molecular weight excluding hydrogens is 595 g/mol. The van der Waals surface area contributed by atoms with Crippen LogP contribution in [0, 0.1) is 0 Å². The van der Waals surface area contributed by atoms with Gasteiger partial charge in [0.1, 0.15) is 0 Å². The molecular formula is C32H46Cl2N2O7. The van der Waals surface area contributed by atoms with Gasteiger partial charge in [-0.3, -0.25) is 9.69 Å². The summed E-state index contributed by atoms with van der Waals surface area (Å²) in [6.45, 7) is 7.87. The Labute approximate surface area is 266 Å². The Morgan fingerprint density at radius 1 is 0.860 bits per heavy atom. The van der Waals surface area contributed by atoms with Crippen LogP contribution in [-0.2, 0) is 39.6 Å². The molecule has 1 heterocycles. The van der Waals surface area contributed by atoms with Crippen molar-refractivity contribution in [3.8, 4) is 0 Å². The van der Waals surface area contributed by atoms with Crippen LogP contribution in [0.5, 0.6) is 0 Å². The second-order valence-electron chi connectivity index (χ2n) is 10.3. The van der Waals surface area contributed by atoms with Gasteiger partial charge in [0, 0.05) is 33.8 Å². The Bertz CT molecular complexity index is 1050. The van der Waals surface area contributed by atoms with E-state index >= 15 is 0 Å². The van der Waals surface area contributed by atoms with Crippen LogP contribution in [0.2, 0.25) is 10.0 Å². The van der Waals surface area contributed by atoms with Gasteiger partial charge in [0.25, 0.3) is 0 Å². The maximum absolute atomic E-state index is 13.3. The molecule has 1 aliphatic heterocycles. The maximum Gasteiger partial charge on any atom is 0.227 e. The third kappa shape index (κ3) is 13.8. The number of amides is 1. The van der Waals surface area contributed by atoms with Crippen LogP contribution in [0.15, 0.2) is 48.5 Å². The van der Waals surface area contributed by atoms with Gasteiger partial charge in [0.15, 0.2) is 0 Å². The minimum Gasteiger partial charge on any atom is -0.382 e. The molecule has 2 aromatic carbocycles. The average Bonchev–Trinajstić information content (AvgIpc) is 3.47. The van der Waals surface area contributed by atoms with Crippen LogP contribution in [0.25, 0.3) is 0 Å². The largest absolute Gasteiger partial charge is 0.382 e. The predicted octanol–water partition coefficient (Wildman–Crippen LogP) is 4.54. The van der Waals surface area contributed by atoms with E-state index in [9.17, 15) is 4.79 Å². The highest BCUT2D eigenvalue weighted by molar-refractivity contribution is 6.42. The lowest BCUT2D eigenvalue weighted by molar-refractivity contribution is -0.131. The van der Waals surface area contributed by atoms with E-state index in [2.05, 4.69) is 17.0 Å². The molecule has 1 amide bonds. The average molecular weight is 642 g/mol. The summed E-state index contributed by atoms with van der Waals surface area (Å²) in [4.78, 5) is 17.5. The van der Waals surface area contributed by atoms with Crippen molar-refractivity contribution >= 4 is 29.1 Å². The lowest BCUT2D eigenvalue weighted by Gasteiger charge is -2.32. The molecule has 0 N–H and O–H groups in total. The Morgan fingerprint density at radius 3 is 2.07 bits per heavy atom. The standard InChI is InChI=1S/C32H46Cl2N2O7/c1-35(32(37)23-26-8-9-29(33)30(34)22-26)31(27-6-4-3-5-7-27)25-36-11-10-28(24-36)43-21-20-42-19-18-41-17-16-40-15-14-39-13-12-38-2/h3-9,22,28,31H,10-21,23-25H2,1-2H3/t28-,31+/m0/s1. The second kappa shape index (κ2) is 21.0. The number of halogens is 2. The number of benzene rings is 2. The zero-order chi connectivity index (χ0) is 30.7. The lowest BCUT2D eigenvalue weighted by atomic mass is 10.0. The quantitative estimate of drug-likeness (QED) is 0.174. The molecule has 0 aliphatic carbocycles. The highest BCUT2D eigenvalue weighted by atomic mass is 35.5. The van der Waals surface area contributed by atoms with Gasteiger partial charge in [0.2, 0.25) is 5.91 Å². The number of rotatable bonds is 22. The minimum absolute atomic E-state index is 0.0243. The Kier molecular flexibility index (Phi) is 17.5. The van der Waals surface area contributed by atoms with Crippen molar-refractivity contribution in [1.82, 2.24) is 9.80 Å². The molecule has 0 unspecified atom stereocenters. The monoisotopic (exact) mass is 640 g/mol. The highest BCUT2D eigenvalue weighted by Gasteiger charge is 2.29. The van der Waals surface area contributed by atoms with Gasteiger partial charge in [-0.15, -0.1) is 0 Å². The summed E-state index contributed by atoms with van der Waals surface area (Å²) in [5.74, 6) is 0.0243. The van der Waals surface area contributed by atoms with Crippen LogP contribution in [0.4, 0.5) is 0 Å². The zero-order valence-electron chi connectivity index (χ0n) is 25.4. The van der Waals surface area contributed by atoms with Gasteiger partial charge in [-0.2, -0.15) is 0 Å². The van der Waals surface area contributed by atoms with Crippen LogP contribution in [0.1, 0.15) is 23.6 Å². The summed E-state index contributed by atoms with van der Waals surface area (Å²) in [6, 6.07) is 15.4. The summed E-state index contributed by atoms with van der Waals surface area (Å²) in [5.41, 5.74) is 1.94. The summed E-state index contributed by atoms with van der Waals surface area (Å²) in [5, 5.41) is 0.932. The van der Waals surface area contributed by atoms with E-state index in [0.29, 0.717) is 76.1 Å². The number of ether oxygens (including phenoxy) is 6. The first kappa shape index (κ1) is 35.7. The molecule has 0 saturated carbocycles. The van der Waals surface area contributed by atoms with E-state index in [1.165, 1.54) is 0 Å². The molecule has 2 aromatic rings. The molecule has 43 heavy (non-hydrogen) atoms. The minimum atomic E-state index is -0.0850. The molecule has 3 rings (SSSR count). The Balaban J connectivity index is 1.31. The van der Waals surface area contributed by atoms with Gasteiger partial charge < -0.3 is 33.3 Å². The molecule has 2 atom stereocenters. The number of likely N-dealkylation sites (tertiary alicyclic amines) is 1. The van der Waals surface area contributed by atoms with Gasteiger partial charge in [-0.1, -0.05) is 59.6 Å². The molecule has 0 radical (unpaired) electrons. The highest BCUT2D eigenvalue weighted by Crippen LogP contribution is 2.26. The summed E-state index contributed by atoms with van der Waals surface area (Å²) in [7, 11) is 3.52. The number of hydrogen-bond acceptors (Lipinski definition) is 8. The maximum atomic E-state index is 13.3. The fourth-order valence-electron chi connectivity index (χ4n) is 4.77. The molecule has 9 nitrogen and oxygen atoms in total. The molecule has 0 spiro atoms. The van der Waals surface area contributed by atoms with E-state index in [1.54, 1.807) is 19.2 Å². The van der Waals surface area contributed by atoms with Crippen molar-refractivity contribution in [3.05, 3.63) is 69.7 Å². The fraction of sp³-hybridized carbons (Fsp3) is 0.594. The van der Waals surface area contributed by atoms with Crippen LogP contribution in [0.3, 0.4) is 0 Å². The normalized spacial score (nSPS) is 16.0. The predicted molar refractivity (Wildman–Crippen MR) is 168 cm³/mol. The smallest absolute Gasteiger partial charge is 0.227 e. The van der Waals surface area contributed by atoms with Gasteiger partial charge in [-0.05, 0) is 29.7 Å². The first-order chi connectivity index (χ1) is 21.0. The molecule has 0 bridgehead atoms. The van der Waals surface area contributed by atoms with Crippen molar-refractivity contribution in [2.75, 3.05) is 99.9 Å². The number of carbonyl (C=O) groups is 1. The van der Waals surface area contributed by atoms with Crippen LogP contribution in [-0.4, -0.2) is 122 Å².